The fourth-order valence-corrected chi connectivity index (χ4v) is 3.65. The quantitative estimate of drug-likeness (QED) is 0.834. The number of amides is 1. The van der Waals surface area contributed by atoms with Crippen molar-refractivity contribution in [2.45, 2.75) is 6.42 Å². The van der Waals surface area contributed by atoms with E-state index in [2.05, 4.69) is 20.1 Å². The van der Waals surface area contributed by atoms with E-state index in [0.717, 1.165) is 37.9 Å². The minimum Gasteiger partial charge on any atom is -0.495 e. The summed E-state index contributed by atoms with van der Waals surface area (Å²) in [6.45, 7) is 4.50. The standard InChI is InChI=1S/C17H21ClN4O2S/c1-24-15-3-2-13(18)12-14(15)20-16(23)4-6-21-7-9-22(10-8-21)17-19-5-11-25-17/h2-3,5,11-12H,4,6-10H2,1H3,(H,20,23). The summed E-state index contributed by atoms with van der Waals surface area (Å²) in [7, 11) is 1.57. The Balaban J connectivity index is 1.45. The molecule has 25 heavy (non-hydrogen) atoms. The topological polar surface area (TPSA) is 57.7 Å². The molecule has 6 nitrogen and oxygen atoms in total. The van der Waals surface area contributed by atoms with Gasteiger partial charge in [-0.25, -0.2) is 4.98 Å². The molecule has 2 aromatic rings. The molecule has 1 N–H and O–H groups in total. The van der Waals surface area contributed by atoms with Gasteiger partial charge in [0.1, 0.15) is 5.75 Å². The van der Waals surface area contributed by atoms with Crippen LogP contribution in [0.5, 0.6) is 5.75 Å². The fraction of sp³-hybridized carbons (Fsp3) is 0.412. The van der Waals surface area contributed by atoms with E-state index in [9.17, 15) is 4.79 Å². The number of methoxy groups -OCH3 is 1. The van der Waals surface area contributed by atoms with Gasteiger partial charge in [0.25, 0.3) is 0 Å². The molecule has 0 atom stereocenters. The zero-order valence-corrected chi connectivity index (χ0v) is 15.6. The Morgan fingerprint density at radius 2 is 2.16 bits per heavy atom. The lowest BCUT2D eigenvalue weighted by atomic mass is 10.2. The van der Waals surface area contributed by atoms with Crippen molar-refractivity contribution < 1.29 is 9.53 Å². The maximum absolute atomic E-state index is 12.2. The molecular formula is C17H21ClN4O2S. The second-order valence-corrected chi connectivity index (χ2v) is 7.10. The Labute approximate surface area is 156 Å². The zero-order valence-electron chi connectivity index (χ0n) is 14.1. The Morgan fingerprint density at radius 1 is 1.36 bits per heavy atom. The number of thiazole rings is 1. The largest absolute Gasteiger partial charge is 0.495 e. The number of ether oxygens (including phenoxy) is 1. The van der Waals surface area contributed by atoms with Crippen LogP contribution in [0.2, 0.25) is 5.02 Å². The summed E-state index contributed by atoms with van der Waals surface area (Å²) >= 11 is 7.65. The van der Waals surface area contributed by atoms with E-state index in [-0.39, 0.29) is 5.91 Å². The van der Waals surface area contributed by atoms with Crippen LogP contribution in [-0.2, 0) is 4.79 Å². The first-order valence-corrected chi connectivity index (χ1v) is 9.41. The molecule has 8 heteroatoms. The lowest BCUT2D eigenvalue weighted by molar-refractivity contribution is -0.116. The Bertz CT molecular complexity index is 703. The summed E-state index contributed by atoms with van der Waals surface area (Å²) in [5, 5.41) is 6.51. The van der Waals surface area contributed by atoms with Crippen molar-refractivity contribution in [3.8, 4) is 5.75 Å². The maximum atomic E-state index is 12.2. The van der Waals surface area contributed by atoms with Crippen LogP contribution in [-0.4, -0.2) is 55.6 Å². The highest BCUT2D eigenvalue weighted by atomic mass is 35.5. The molecule has 1 aliphatic rings. The Morgan fingerprint density at radius 3 is 2.84 bits per heavy atom. The van der Waals surface area contributed by atoms with Gasteiger partial charge in [-0.15, -0.1) is 11.3 Å². The maximum Gasteiger partial charge on any atom is 0.225 e. The Hall–Kier alpha value is -1.83. The van der Waals surface area contributed by atoms with Gasteiger partial charge in [-0.2, -0.15) is 0 Å². The van der Waals surface area contributed by atoms with E-state index < -0.39 is 0 Å². The molecule has 1 aromatic carbocycles. The van der Waals surface area contributed by atoms with Gasteiger partial charge in [-0.3, -0.25) is 9.69 Å². The number of aromatic nitrogens is 1. The number of nitrogens with one attached hydrogen (secondary N) is 1. The number of benzene rings is 1. The molecule has 1 saturated heterocycles. The van der Waals surface area contributed by atoms with Gasteiger partial charge in [0.2, 0.25) is 5.91 Å². The first kappa shape index (κ1) is 18.0. The van der Waals surface area contributed by atoms with Crippen LogP contribution in [0.4, 0.5) is 10.8 Å². The third-order valence-corrected chi connectivity index (χ3v) is 5.22. The summed E-state index contributed by atoms with van der Waals surface area (Å²) in [4.78, 5) is 21.2. The third kappa shape index (κ3) is 4.84. The van der Waals surface area contributed by atoms with E-state index in [1.54, 1.807) is 36.6 Å². The van der Waals surface area contributed by atoms with Crippen molar-refractivity contribution in [3.63, 3.8) is 0 Å². The zero-order chi connectivity index (χ0) is 17.6. The van der Waals surface area contributed by atoms with Crippen molar-refractivity contribution in [2.24, 2.45) is 0 Å². The van der Waals surface area contributed by atoms with Crippen LogP contribution >= 0.6 is 22.9 Å². The second kappa shape index (κ2) is 8.51. The lowest BCUT2D eigenvalue weighted by Gasteiger charge is -2.34. The van der Waals surface area contributed by atoms with Gasteiger partial charge in [0.05, 0.1) is 12.8 Å². The SMILES string of the molecule is COc1ccc(Cl)cc1NC(=O)CCN1CCN(c2nccs2)CC1. The molecule has 0 spiro atoms. The molecule has 0 bridgehead atoms. The summed E-state index contributed by atoms with van der Waals surface area (Å²) in [6.07, 6.45) is 2.27. The number of hydrogen-bond acceptors (Lipinski definition) is 6. The smallest absolute Gasteiger partial charge is 0.225 e. The Kier molecular flexibility index (Phi) is 6.12. The van der Waals surface area contributed by atoms with Gasteiger partial charge in [0.15, 0.2) is 5.13 Å². The van der Waals surface area contributed by atoms with Crippen LogP contribution in [0.15, 0.2) is 29.8 Å². The average molecular weight is 381 g/mol. The number of halogens is 1. The van der Waals surface area contributed by atoms with Crippen LogP contribution < -0.4 is 15.0 Å². The van der Waals surface area contributed by atoms with Crippen molar-refractivity contribution in [1.29, 1.82) is 0 Å². The molecule has 1 aliphatic heterocycles. The number of carbonyl (C=O) groups excluding carboxylic acids is 1. The molecule has 0 aliphatic carbocycles. The van der Waals surface area contributed by atoms with Crippen molar-refractivity contribution >= 4 is 39.7 Å². The highest BCUT2D eigenvalue weighted by Crippen LogP contribution is 2.27. The van der Waals surface area contributed by atoms with Gasteiger partial charge in [-0.05, 0) is 18.2 Å². The van der Waals surface area contributed by atoms with Crippen LogP contribution in [0.1, 0.15) is 6.42 Å². The minimum atomic E-state index is -0.0390. The summed E-state index contributed by atoms with van der Waals surface area (Å²) < 4.78 is 5.25. The van der Waals surface area contributed by atoms with E-state index >= 15 is 0 Å². The van der Waals surface area contributed by atoms with Crippen molar-refractivity contribution in [2.75, 3.05) is 50.1 Å². The van der Waals surface area contributed by atoms with Crippen LogP contribution in [0.25, 0.3) is 0 Å². The summed E-state index contributed by atoms with van der Waals surface area (Å²) in [5.41, 5.74) is 0.605. The van der Waals surface area contributed by atoms with E-state index in [1.165, 1.54) is 0 Å². The van der Waals surface area contributed by atoms with E-state index in [0.29, 0.717) is 22.9 Å². The van der Waals surface area contributed by atoms with Crippen molar-refractivity contribution in [1.82, 2.24) is 9.88 Å². The molecule has 0 radical (unpaired) electrons. The summed E-state index contributed by atoms with van der Waals surface area (Å²) in [6, 6.07) is 5.18. The van der Waals surface area contributed by atoms with Gasteiger partial charge >= 0.3 is 0 Å². The number of carbonyl (C=O) groups is 1. The number of nitrogens with zero attached hydrogens (tertiary/aromatic N) is 3. The van der Waals surface area contributed by atoms with Gasteiger partial charge < -0.3 is 15.0 Å². The second-order valence-electron chi connectivity index (χ2n) is 5.79. The first-order valence-electron chi connectivity index (χ1n) is 8.16. The van der Waals surface area contributed by atoms with Gasteiger partial charge in [0, 0.05) is 55.7 Å². The molecule has 1 aromatic heterocycles. The van der Waals surface area contributed by atoms with E-state index in [4.69, 9.17) is 16.3 Å². The van der Waals surface area contributed by atoms with E-state index in [1.807, 2.05) is 11.6 Å². The normalized spacial score (nSPS) is 15.2. The number of piperazine rings is 1. The number of anilines is 2. The molecule has 2 heterocycles. The molecule has 1 amide bonds. The minimum absolute atomic E-state index is 0.0390. The predicted octanol–water partition coefficient (Wildman–Crippen LogP) is 2.96. The highest BCUT2D eigenvalue weighted by Gasteiger charge is 2.19. The first-order chi connectivity index (χ1) is 12.2. The fourth-order valence-electron chi connectivity index (χ4n) is 2.79. The molecule has 0 unspecified atom stereocenters. The van der Waals surface area contributed by atoms with Crippen molar-refractivity contribution in [3.05, 3.63) is 34.8 Å². The molecule has 134 valence electrons. The van der Waals surface area contributed by atoms with Crippen LogP contribution in [0.3, 0.4) is 0 Å². The lowest BCUT2D eigenvalue weighted by Crippen LogP contribution is -2.47. The molecule has 3 rings (SSSR count). The number of hydrogen-bond donors (Lipinski definition) is 1. The van der Waals surface area contributed by atoms with Crippen LogP contribution in [0, 0.1) is 0 Å². The predicted molar refractivity (Wildman–Crippen MR) is 102 cm³/mol. The highest BCUT2D eigenvalue weighted by molar-refractivity contribution is 7.13. The average Bonchev–Trinajstić information content (AvgIpc) is 3.15. The molecular weight excluding hydrogens is 360 g/mol. The summed E-state index contributed by atoms with van der Waals surface area (Å²) in [5.74, 6) is 0.567. The monoisotopic (exact) mass is 380 g/mol. The van der Waals surface area contributed by atoms with Gasteiger partial charge in [-0.1, -0.05) is 11.6 Å². The molecule has 0 saturated carbocycles. The molecule has 1 fully saturated rings. The number of rotatable bonds is 6. The third-order valence-electron chi connectivity index (χ3n) is 4.15.